The van der Waals surface area contributed by atoms with Crippen molar-refractivity contribution in [1.29, 1.82) is 0 Å². The van der Waals surface area contributed by atoms with Crippen molar-refractivity contribution >= 4 is 23.2 Å². The molecular weight excluding hydrogens is 295 g/mol. The topological polar surface area (TPSA) is 58.2 Å². The standard InChI is InChI=1S/C18H17FN2O2/c1-11-4-2-6-13(8-11)20-17(22)15-10-16(15)18(23)21-14-7-3-5-12(19)9-14/h2-9,15-16H,10H2,1H3,(H,20,22)(H,21,23). The van der Waals surface area contributed by atoms with Gasteiger partial charge in [-0.15, -0.1) is 0 Å². The summed E-state index contributed by atoms with van der Waals surface area (Å²) in [7, 11) is 0. The summed E-state index contributed by atoms with van der Waals surface area (Å²) >= 11 is 0. The van der Waals surface area contributed by atoms with Crippen molar-refractivity contribution in [2.75, 3.05) is 10.6 Å². The number of hydrogen-bond donors (Lipinski definition) is 2. The van der Waals surface area contributed by atoms with Gasteiger partial charge in [-0.25, -0.2) is 4.39 Å². The highest BCUT2D eigenvalue weighted by Crippen LogP contribution is 2.40. The van der Waals surface area contributed by atoms with E-state index < -0.39 is 5.82 Å². The average molecular weight is 312 g/mol. The van der Waals surface area contributed by atoms with Gasteiger partial charge in [-0.3, -0.25) is 9.59 Å². The molecule has 2 amide bonds. The molecule has 0 bridgehead atoms. The number of amides is 2. The highest BCUT2D eigenvalue weighted by atomic mass is 19.1. The fourth-order valence-electron chi connectivity index (χ4n) is 2.53. The van der Waals surface area contributed by atoms with Crippen molar-refractivity contribution in [2.24, 2.45) is 11.8 Å². The van der Waals surface area contributed by atoms with Crippen LogP contribution in [0.15, 0.2) is 48.5 Å². The third-order valence-electron chi connectivity index (χ3n) is 3.84. The number of anilines is 2. The Labute approximate surface area is 133 Å². The van der Waals surface area contributed by atoms with Crippen LogP contribution in [0.25, 0.3) is 0 Å². The van der Waals surface area contributed by atoms with Gasteiger partial charge < -0.3 is 10.6 Å². The molecular formula is C18H17FN2O2. The first-order valence-corrected chi connectivity index (χ1v) is 7.47. The third kappa shape index (κ3) is 3.74. The maximum atomic E-state index is 13.1. The molecule has 2 unspecified atom stereocenters. The summed E-state index contributed by atoms with van der Waals surface area (Å²) in [5.41, 5.74) is 2.19. The zero-order valence-corrected chi connectivity index (χ0v) is 12.7. The minimum atomic E-state index is -0.410. The van der Waals surface area contributed by atoms with Gasteiger partial charge in [-0.05, 0) is 49.2 Å². The van der Waals surface area contributed by atoms with Crippen molar-refractivity contribution in [1.82, 2.24) is 0 Å². The number of nitrogens with one attached hydrogen (secondary N) is 2. The Hall–Kier alpha value is -2.69. The largest absolute Gasteiger partial charge is 0.326 e. The molecule has 0 aliphatic heterocycles. The minimum Gasteiger partial charge on any atom is -0.326 e. The van der Waals surface area contributed by atoms with Crippen molar-refractivity contribution in [3.8, 4) is 0 Å². The molecule has 1 saturated carbocycles. The van der Waals surface area contributed by atoms with Gasteiger partial charge in [0.25, 0.3) is 0 Å². The molecule has 2 atom stereocenters. The summed E-state index contributed by atoms with van der Waals surface area (Å²) in [4.78, 5) is 24.3. The lowest BCUT2D eigenvalue weighted by Crippen LogP contribution is -2.20. The fraction of sp³-hybridized carbons (Fsp3) is 0.222. The van der Waals surface area contributed by atoms with Gasteiger partial charge in [0.05, 0.1) is 11.8 Å². The molecule has 0 saturated heterocycles. The van der Waals surface area contributed by atoms with Crippen LogP contribution in [0.4, 0.5) is 15.8 Å². The summed E-state index contributed by atoms with van der Waals surface area (Å²) < 4.78 is 13.1. The van der Waals surface area contributed by atoms with Gasteiger partial charge in [0.15, 0.2) is 0 Å². The molecule has 1 fully saturated rings. The predicted octanol–water partition coefficient (Wildman–Crippen LogP) is 3.35. The summed E-state index contributed by atoms with van der Waals surface area (Å²) in [5, 5.41) is 5.47. The van der Waals surface area contributed by atoms with Crippen LogP contribution in [0.1, 0.15) is 12.0 Å². The van der Waals surface area contributed by atoms with Crippen LogP contribution in [0.5, 0.6) is 0 Å². The van der Waals surface area contributed by atoms with Crippen molar-refractivity contribution < 1.29 is 14.0 Å². The molecule has 118 valence electrons. The number of halogens is 1. The van der Waals surface area contributed by atoms with E-state index in [0.29, 0.717) is 12.1 Å². The Morgan fingerprint density at radius 2 is 1.52 bits per heavy atom. The van der Waals surface area contributed by atoms with E-state index in [-0.39, 0.29) is 23.7 Å². The molecule has 0 spiro atoms. The van der Waals surface area contributed by atoms with Gasteiger partial charge in [-0.1, -0.05) is 18.2 Å². The zero-order chi connectivity index (χ0) is 16.4. The number of hydrogen-bond acceptors (Lipinski definition) is 2. The molecule has 0 radical (unpaired) electrons. The molecule has 2 aromatic rings. The average Bonchev–Trinajstić information content (AvgIpc) is 3.28. The molecule has 5 heteroatoms. The van der Waals surface area contributed by atoms with E-state index in [1.54, 1.807) is 6.07 Å². The quantitative estimate of drug-likeness (QED) is 0.909. The summed E-state index contributed by atoms with van der Waals surface area (Å²) in [6.45, 7) is 1.95. The van der Waals surface area contributed by atoms with Crippen LogP contribution < -0.4 is 10.6 Å². The van der Waals surface area contributed by atoms with Crippen LogP contribution in [-0.4, -0.2) is 11.8 Å². The summed E-state index contributed by atoms with van der Waals surface area (Å²) in [6, 6.07) is 13.2. The first-order chi connectivity index (χ1) is 11.0. The lowest BCUT2D eigenvalue weighted by Gasteiger charge is -2.07. The summed E-state index contributed by atoms with van der Waals surface area (Å²) in [6.07, 6.45) is 0.513. The lowest BCUT2D eigenvalue weighted by molar-refractivity contribution is -0.122. The van der Waals surface area contributed by atoms with E-state index in [1.165, 1.54) is 18.2 Å². The molecule has 0 aromatic heterocycles. The van der Waals surface area contributed by atoms with Crippen LogP contribution in [0, 0.1) is 24.6 Å². The van der Waals surface area contributed by atoms with E-state index in [4.69, 9.17) is 0 Å². The fourth-order valence-corrected chi connectivity index (χ4v) is 2.53. The van der Waals surface area contributed by atoms with Gasteiger partial charge >= 0.3 is 0 Å². The Morgan fingerprint density at radius 1 is 0.957 bits per heavy atom. The zero-order valence-electron chi connectivity index (χ0n) is 12.7. The lowest BCUT2D eigenvalue weighted by atomic mass is 10.2. The van der Waals surface area contributed by atoms with Gasteiger partial charge in [0.2, 0.25) is 11.8 Å². The van der Waals surface area contributed by atoms with E-state index in [9.17, 15) is 14.0 Å². The maximum Gasteiger partial charge on any atom is 0.228 e. The third-order valence-corrected chi connectivity index (χ3v) is 3.84. The summed E-state index contributed by atoms with van der Waals surface area (Å²) in [5.74, 6) is -1.51. The Bertz CT molecular complexity index is 697. The second-order valence-electron chi connectivity index (χ2n) is 5.81. The van der Waals surface area contributed by atoms with Crippen molar-refractivity contribution in [3.63, 3.8) is 0 Å². The van der Waals surface area contributed by atoms with E-state index in [2.05, 4.69) is 10.6 Å². The number of rotatable bonds is 4. The van der Waals surface area contributed by atoms with E-state index in [1.807, 2.05) is 31.2 Å². The monoisotopic (exact) mass is 312 g/mol. The highest BCUT2D eigenvalue weighted by molar-refractivity contribution is 6.03. The van der Waals surface area contributed by atoms with E-state index >= 15 is 0 Å². The second-order valence-corrected chi connectivity index (χ2v) is 5.81. The molecule has 2 N–H and O–H groups in total. The van der Waals surface area contributed by atoms with Crippen molar-refractivity contribution in [2.45, 2.75) is 13.3 Å². The van der Waals surface area contributed by atoms with Crippen LogP contribution in [0.2, 0.25) is 0 Å². The maximum absolute atomic E-state index is 13.1. The van der Waals surface area contributed by atoms with Crippen molar-refractivity contribution in [3.05, 3.63) is 59.9 Å². The van der Waals surface area contributed by atoms with Crippen LogP contribution in [-0.2, 0) is 9.59 Å². The number of carbonyl (C=O) groups excluding carboxylic acids is 2. The normalized spacial score (nSPS) is 19.0. The number of carbonyl (C=O) groups is 2. The SMILES string of the molecule is Cc1cccc(NC(=O)C2CC2C(=O)Nc2cccc(F)c2)c1. The minimum absolute atomic E-state index is 0.157. The smallest absolute Gasteiger partial charge is 0.228 e. The van der Waals surface area contributed by atoms with Crippen LogP contribution >= 0.6 is 0 Å². The number of benzene rings is 2. The Balaban J connectivity index is 1.56. The van der Waals surface area contributed by atoms with Gasteiger partial charge in [-0.2, -0.15) is 0 Å². The van der Waals surface area contributed by atoms with Gasteiger partial charge in [0.1, 0.15) is 5.82 Å². The Morgan fingerprint density at radius 3 is 2.09 bits per heavy atom. The first kappa shape index (κ1) is 15.2. The molecule has 1 aliphatic rings. The molecule has 0 heterocycles. The first-order valence-electron chi connectivity index (χ1n) is 7.47. The predicted molar refractivity (Wildman–Crippen MR) is 86.4 cm³/mol. The van der Waals surface area contributed by atoms with E-state index in [0.717, 1.165) is 11.3 Å². The van der Waals surface area contributed by atoms with Crippen LogP contribution in [0.3, 0.4) is 0 Å². The molecule has 3 rings (SSSR count). The highest BCUT2D eigenvalue weighted by Gasteiger charge is 2.48. The molecule has 23 heavy (non-hydrogen) atoms. The number of aryl methyl sites for hydroxylation is 1. The molecule has 1 aliphatic carbocycles. The Kier molecular flexibility index (Phi) is 4.10. The molecule has 4 nitrogen and oxygen atoms in total. The molecule has 2 aromatic carbocycles. The van der Waals surface area contributed by atoms with Gasteiger partial charge in [0, 0.05) is 11.4 Å². The second kappa shape index (κ2) is 6.20.